The summed E-state index contributed by atoms with van der Waals surface area (Å²) >= 11 is 0. The minimum absolute atomic E-state index is 0.147. The highest BCUT2D eigenvalue weighted by Gasteiger charge is 2.29. The predicted octanol–water partition coefficient (Wildman–Crippen LogP) is 4.47. The smallest absolute Gasteiger partial charge is 0.259 e. The molecule has 0 unspecified atom stereocenters. The van der Waals surface area contributed by atoms with Crippen LogP contribution in [0.15, 0.2) is 66.7 Å². The summed E-state index contributed by atoms with van der Waals surface area (Å²) in [4.78, 5) is 15.4. The molecule has 0 saturated carbocycles. The maximum absolute atomic E-state index is 12.8. The van der Waals surface area contributed by atoms with E-state index in [0.29, 0.717) is 17.4 Å². The second-order valence-electron chi connectivity index (χ2n) is 8.19. The zero-order chi connectivity index (χ0) is 20.5. The molecule has 2 aliphatic rings. The first-order valence-electron chi connectivity index (χ1n) is 10.6. The van der Waals surface area contributed by atoms with Crippen molar-refractivity contribution in [3.8, 4) is 5.75 Å². The van der Waals surface area contributed by atoms with Crippen LogP contribution in [0.2, 0.25) is 0 Å². The lowest BCUT2D eigenvalue weighted by atomic mass is 9.97. The number of carbonyl (C=O) groups excluding carboxylic acids is 1. The molecule has 0 fully saturated rings. The summed E-state index contributed by atoms with van der Waals surface area (Å²) in [6.45, 7) is 2.03. The molecule has 0 saturated heterocycles. The van der Waals surface area contributed by atoms with E-state index in [9.17, 15) is 4.79 Å². The van der Waals surface area contributed by atoms with E-state index in [1.165, 1.54) is 22.3 Å². The zero-order valence-corrected chi connectivity index (χ0v) is 17.2. The minimum atomic E-state index is -0.147. The molecule has 1 amide bonds. The van der Waals surface area contributed by atoms with Gasteiger partial charge in [0.1, 0.15) is 5.75 Å². The molecule has 0 aromatic heterocycles. The topological polar surface area (TPSA) is 41.6 Å². The van der Waals surface area contributed by atoms with E-state index in [-0.39, 0.29) is 5.91 Å². The molecule has 1 aliphatic carbocycles. The van der Waals surface area contributed by atoms with E-state index in [1.807, 2.05) is 18.2 Å². The summed E-state index contributed by atoms with van der Waals surface area (Å²) in [7, 11) is 1.58. The van der Waals surface area contributed by atoms with Gasteiger partial charge in [-0.25, -0.2) is 0 Å². The molecule has 1 N–H and O–H groups in total. The summed E-state index contributed by atoms with van der Waals surface area (Å²) < 4.78 is 5.32. The third-order valence-corrected chi connectivity index (χ3v) is 6.40. The molecule has 5 rings (SSSR count). The summed E-state index contributed by atoms with van der Waals surface area (Å²) in [6, 6.07) is 23.0. The molecule has 0 spiro atoms. The van der Waals surface area contributed by atoms with Crippen molar-refractivity contribution in [1.29, 1.82) is 0 Å². The van der Waals surface area contributed by atoms with E-state index in [4.69, 9.17) is 4.74 Å². The molecule has 30 heavy (non-hydrogen) atoms. The Morgan fingerprint density at radius 1 is 0.933 bits per heavy atom. The number of hydrogen-bond acceptors (Lipinski definition) is 3. The maximum Gasteiger partial charge on any atom is 0.259 e. The van der Waals surface area contributed by atoms with Gasteiger partial charge in [0.05, 0.1) is 12.7 Å². The number of fused-ring (bicyclic) bond motifs is 2. The normalized spacial score (nSPS) is 16.0. The van der Waals surface area contributed by atoms with E-state index in [1.54, 1.807) is 19.2 Å². The van der Waals surface area contributed by atoms with Crippen molar-refractivity contribution in [3.05, 3.63) is 94.5 Å². The lowest BCUT2D eigenvalue weighted by Gasteiger charge is -2.34. The van der Waals surface area contributed by atoms with Gasteiger partial charge >= 0.3 is 0 Å². The molecule has 0 radical (unpaired) electrons. The number of methoxy groups -OCH3 is 1. The van der Waals surface area contributed by atoms with Gasteiger partial charge < -0.3 is 10.1 Å². The molecule has 1 heterocycles. The SMILES string of the molecule is COc1ccccc1C(=O)Nc1ccc2c(c1)CN(C1Cc3ccccc3C1)CC2. The average Bonchev–Trinajstić information content (AvgIpc) is 3.23. The van der Waals surface area contributed by atoms with Gasteiger partial charge in [0.15, 0.2) is 0 Å². The molecule has 1 aliphatic heterocycles. The first-order chi connectivity index (χ1) is 14.7. The lowest BCUT2D eigenvalue weighted by molar-refractivity contribution is 0.102. The van der Waals surface area contributed by atoms with Gasteiger partial charge in [0, 0.05) is 24.8 Å². The van der Waals surface area contributed by atoms with E-state index in [2.05, 4.69) is 46.6 Å². The molecule has 3 aromatic carbocycles. The van der Waals surface area contributed by atoms with Crippen LogP contribution in [0.25, 0.3) is 0 Å². The van der Waals surface area contributed by atoms with Gasteiger partial charge in [-0.15, -0.1) is 0 Å². The molecule has 3 aromatic rings. The lowest BCUT2D eigenvalue weighted by Crippen LogP contribution is -2.39. The Balaban J connectivity index is 1.31. The first-order valence-corrected chi connectivity index (χ1v) is 10.6. The van der Waals surface area contributed by atoms with Crippen LogP contribution in [-0.4, -0.2) is 30.5 Å². The number of amides is 1. The number of nitrogens with zero attached hydrogens (tertiary/aromatic N) is 1. The van der Waals surface area contributed by atoms with Gasteiger partial charge in [0.2, 0.25) is 0 Å². The zero-order valence-electron chi connectivity index (χ0n) is 17.2. The van der Waals surface area contributed by atoms with Crippen molar-refractivity contribution in [1.82, 2.24) is 4.90 Å². The van der Waals surface area contributed by atoms with Crippen molar-refractivity contribution in [2.75, 3.05) is 19.0 Å². The Morgan fingerprint density at radius 2 is 1.67 bits per heavy atom. The highest BCUT2D eigenvalue weighted by Crippen LogP contribution is 2.30. The first kappa shape index (κ1) is 18.9. The van der Waals surface area contributed by atoms with Crippen molar-refractivity contribution < 1.29 is 9.53 Å². The summed E-state index contributed by atoms with van der Waals surface area (Å²) in [6.07, 6.45) is 3.33. The number of para-hydroxylation sites is 1. The Morgan fingerprint density at radius 3 is 2.43 bits per heavy atom. The molecular weight excluding hydrogens is 372 g/mol. The molecule has 4 nitrogen and oxygen atoms in total. The number of ether oxygens (including phenoxy) is 1. The van der Waals surface area contributed by atoms with Gasteiger partial charge in [-0.3, -0.25) is 9.69 Å². The molecule has 0 bridgehead atoms. The number of rotatable bonds is 4. The number of anilines is 1. The Labute approximate surface area is 177 Å². The predicted molar refractivity (Wildman–Crippen MR) is 119 cm³/mol. The monoisotopic (exact) mass is 398 g/mol. The van der Waals surface area contributed by atoms with Crippen molar-refractivity contribution in [2.45, 2.75) is 31.8 Å². The Hall–Kier alpha value is -3.11. The van der Waals surface area contributed by atoms with Gasteiger partial charge in [-0.1, -0.05) is 42.5 Å². The Kier molecular flexibility index (Phi) is 5.01. The fraction of sp³-hybridized carbons (Fsp3) is 0.269. The fourth-order valence-electron chi connectivity index (χ4n) is 4.79. The summed E-state index contributed by atoms with van der Waals surface area (Å²) in [5.41, 5.74) is 7.06. The second-order valence-corrected chi connectivity index (χ2v) is 8.19. The molecular formula is C26H26N2O2. The largest absolute Gasteiger partial charge is 0.496 e. The third-order valence-electron chi connectivity index (χ3n) is 6.40. The van der Waals surface area contributed by atoms with Crippen LogP contribution >= 0.6 is 0 Å². The number of nitrogens with one attached hydrogen (secondary N) is 1. The van der Waals surface area contributed by atoms with Crippen LogP contribution in [0.4, 0.5) is 5.69 Å². The van der Waals surface area contributed by atoms with E-state index >= 15 is 0 Å². The van der Waals surface area contributed by atoms with Crippen LogP contribution in [0.1, 0.15) is 32.6 Å². The Bertz CT molecular complexity index is 1070. The maximum atomic E-state index is 12.8. The standard InChI is InChI=1S/C26H26N2O2/c1-30-25-9-5-4-8-24(25)26(29)27-22-11-10-18-12-13-28(17-21(18)14-22)23-15-19-6-2-3-7-20(19)16-23/h2-11,14,23H,12-13,15-17H2,1H3,(H,27,29). The number of benzene rings is 3. The van der Waals surface area contributed by atoms with Crippen LogP contribution in [-0.2, 0) is 25.8 Å². The fourth-order valence-corrected chi connectivity index (χ4v) is 4.79. The van der Waals surface area contributed by atoms with Crippen molar-refractivity contribution in [3.63, 3.8) is 0 Å². The highest BCUT2D eigenvalue weighted by atomic mass is 16.5. The quantitative estimate of drug-likeness (QED) is 0.705. The van der Waals surface area contributed by atoms with Gasteiger partial charge in [-0.2, -0.15) is 0 Å². The van der Waals surface area contributed by atoms with Crippen molar-refractivity contribution >= 4 is 11.6 Å². The number of carbonyl (C=O) groups is 1. The molecule has 152 valence electrons. The van der Waals surface area contributed by atoms with Crippen LogP contribution in [0, 0.1) is 0 Å². The highest BCUT2D eigenvalue weighted by molar-refractivity contribution is 6.06. The van der Waals surface area contributed by atoms with Gasteiger partial charge in [-0.05, 0) is 65.8 Å². The molecule has 4 heteroatoms. The minimum Gasteiger partial charge on any atom is -0.496 e. The van der Waals surface area contributed by atoms with E-state index in [0.717, 1.165) is 38.0 Å². The van der Waals surface area contributed by atoms with Crippen molar-refractivity contribution in [2.24, 2.45) is 0 Å². The summed E-state index contributed by atoms with van der Waals surface area (Å²) in [5.74, 6) is 0.436. The number of hydrogen-bond donors (Lipinski definition) is 1. The average molecular weight is 399 g/mol. The van der Waals surface area contributed by atoms with E-state index < -0.39 is 0 Å². The van der Waals surface area contributed by atoms with Crippen LogP contribution < -0.4 is 10.1 Å². The van der Waals surface area contributed by atoms with Gasteiger partial charge in [0.25, 0.3) is 5.91 Å². The van der Waals surface area contributed by atoms with Crippen LogP contribution in [0.3, 0.4) is 0 Å². The summed E-state index contributed by atoms with van der Waals surface area (Å²) in [5, 5.41) is 3.04. The van der Waals surface area contributed by atoms with Crippen LogP contribution in [0.5, 0.6) is 5.75 Å². The molecule has 0 atom stereocenters. The third kappa shape index (κ3) is 3.59. The second kappa shape index (κ2) is 7.96.